The molecule has 0 saturated heterocycles. The SMILES string of the molecule is CCCC(=O)Nc1ccc(Cl)c(NC(=O)CNc2ccccc2OC)c1. The van der Waals surface area contributed by atoms with Gasteiger partial charge < -0.3 is 20.7 Å². The Morgan fingerprint density at radius 1 is 1.04 bits per heavy atom. The summed E-state index contributed by atoms with van der Waals surface area (Å²) in [5.74, 6) is 0.304. The standard InChI is InChI=1S/C19H22ClN3O3/c1-3-6-18(24)22-13-9-10-14(20)16(11-13)23-19(25)12-21-15-7-4-5-8-17(15)26-2/h4-5,7-11,21H,3,6,12H2,1-2H3,(H,22,24)(H,23,25). The summed E-state index contributed by atoms with van der Waals surface area (Å²) in [5.41, 5.74) is 1.74. The molecule has 0 atom stereocenters. The molecule has 2 aromatic carbocycles. The Hall–Kier alpha value is -2.73. The van der Waals surface area contributed by atoms with Crippen molar-refractivity contribution < 1.29 is 14.3 Å². The number of amides is 2. The van der Waals surface area contributed by atoms with Crippen LogP contribution in [0.1, 0.15) is 19.8 Å². The van der Waals surface area contributed by atoms with Crippen LogP contribution in [-0.2, 0) is 9.59 Å². The lowest BCUT2D eigenvalue weighted by atomic mass is 10.2. The van der Waals surface area contributed by atoms with Crippen LogP contribution >= 0.6 is 11.6 Å². The number of halogens is 1. The van der Waals surface area contributed by atoms with E-state index < -0.39 is 0 Å². The average molecular weight is 376 g/mol. The molecule has 0 fully saturated rings. The van der Waals surface area contributed by atoms with E-state index in [2.05, 4.69) is 16.0 Å². The van der Waals surface area contributed by atoms with Gasteiger partial charge in [0.05, 0.1) is 30.1 Å². The van der Waals surface area contributed by atoms with Gasteiger partial charge in [-0.2, -0.15) is 0 Å². The number of para-hydroxylation sites is 2. The van der Waals surface area contributed by atoms with E-state index in [1.807, 2.05) is 25.1 Å². The first-order chi connectivity index (χ1) is 12.5. The summed E-state index contributed by atoms with van der Waals surface area (Å²) in [6, 6.07) is 12.3. The zero-order valence-corrected chi connectivity index (χ0v) is 15.5. The van der Waals surface area contributed by atoms with Gasteiger partial charge in [0.2, 0.25) is 11.8 Å². The molecule has 6 nitrogen and oxygen atoms in total. The summed E-state index contributed by atoms with van der Waals surface area (Å²) in [6.07, 6.45) is 1.20. The summed E-state index contributed by atoms with van der Waals surface area (Å²) in [4.78, 5) is 23.9. The Labute approximate surface area is 157 Å². The first kappa shape index (κ1) is 19.6. The number of methoxy groups -OCH3 is 1. The molecular weight excluding hydrogens is 354 g/mol. The second-order valence-corrected chi connectivity index (χ2v) is 6.00. The minimum atomic E-state index is -0.269. The molecule has 2 amide bonds. The van der Waals surface area contributed by atoms with Gasteiger partial charge in [-0.25, -0.2) is 0 Å². The molecule has 0 aliphatic rings. The van der Waals surface area contributed by atoms with Crippen LogP contribution in [-0.4, -0.2) is 25.5 Å². The molecule has 2 aromatic rings. The van der Waals surface area contributed by atoms with Crippen LogP contribution in [0.25, 0.3) is 0 Å². The number of rotatable bonds is 8. The largest absolute Gasteiger partial charge is 0.495 e. The van der Waals surface area contributed by atoms with Crippen molar-refractivity contribution in [2.45, 2.75) is 19.8 Å². The Balaban J connectivity index is 1.98. The highest BCUT2D eigenvalue weighted by molar-refractivity contribution is 6.33. The first-order valence-corrected chi connectivity index (χ1v) is 8.67. The number of carbonyl (C=O) groups excluding carboxylic acids is 2. The normalized spacial score (nSPS) is 10.1. The monoisotopic (exact) mass is 375 g/mol. The summed E-state index contributed by atoms with van der Waals surface area (Å²) in [6.45, 7) is 1.98. The molecule has 138 valence electrons. The molecule has 0 bridgehead atoms. The Morgan fingerprint density at radius 2 is 1.81 bits per heavy atom. The minimum absolute atomic E-state index is 0.0448. The van der Waals surface area contributed by atoms with Crippen LogP contribution in [0.4, 0.5) is 17.1 Å². The summed E-state index contributed by atoms with van der Waals surface area (Å²) in [7, 11) is 1.57. The van der Waals surface area contributed by atoms with Crippen LogP contribution < -0.4 is 20.7 Å². The zero-order chi connectivity index (χ0) is 18.9. The van der Waals surface area contributed by atoms with Gasteiger partial charge >= 0.3 is 0 Å². The molecule has 26 heavy (non-hydrogen) atoms. The maximum atomic E-state index is 12.2. The van der Waals surface area contributed by atoms with Crippen LogP contribution in [0, 0.1) is 0 Å². The minimum Gasteiger partial charge on any atom is -0.495 e. The summed E-state index contributed by atoms with van der Waals surface area (Å²) in [5, 5.41) is 8.92. The maximum Gasteiger partial charge on any atom is 0.243 e. The predicted octanol–water partition coefficient (Wildman–Crippen LogP) is 4.14. The van der Waals surface area contributed by atoms with E-state index >= 15 is 0 Å². The Morgan fingerprint density at radius 3 is 2.54 bits per heavy atom. The number of anilines is 3. The van der Waals surface area contributed by atoms with E-state index in [1.165, 1.54) is 0 Å². The fourth-order valence-electron chi connectivity index (χ4n) is 2.31. The molecule has 7 heteroatoms. The smallest absolute Gasteiger partial charge is 0.243 e. The number of benzene rings is 2. The van der Waals surface area contributed by atoms with Crippen molar-refractivity contribution in [2.75, 3.05) is 29.6 Å². The predicted molar refractivity (Wildman–Crippen MR) is 105 cm³/mol. The van der Waals surface area contributed by atoms with Gasteiger partial charge in [0.25, 0.3) is 0 Å². The van der Waals surface area contributed by atoms with Crippen molar-refractivity contribution in [3.63, 3.8) is 0 Å². The highest BCUT2D eigenvalue weighted by Gasteiger charge is 2.09. The number of nitrogens with one attached hydrogen (secondary N) is 3. The Kier molecular flexibility index (Phi) is 7.29. The van der Waals surface area contributed by atoms with Crippen LogP contribution in [0.2, 0.25) is 5.02 Å². The molecule has 0 aromatic heterocycles. The van der Waals surface area contributed by atoms with Crippen LogP contribution in [0.3, 0.4) is 0 Å². The third-order valence-electron chi connectivity index (χ3n) is 3.55. The first-order valence-electron chi connectivity index (χ1n) is 8.29. The molecule has 0 aliphatic heterocycles. The van der Waals surface area contributed by atoms with Crippen LogP contribution in [0.5, 0.6) is 5.75 Å². The second-order valence-electron chi connectivity index (χ2n) is 5.59. The van der Waals surface area contributed by atoms with Crippen LogP contribution in [0.15, 0.2) is 42.5 Å². The number of carbonyl (C=O) groups is 2. The molecule has 0 unspecified atom stereocenters. The molecule has 0 spiro atoms. The molecule has 0 aliphatic carbocycles. The van der Waals surface area contributed by atoms with Crippen molar-refractivity contribution in [2.24, 2.45) is 0 Å². The van der Waals surface area contributed by atoms with E-state index in [4.69, 9.17) is 16.3 Å². The summed E-state index contributed by atoms with van der Waals surface area (Å²) < 4.78 is 5.23. The lowest BCUT2D eigenvalue weighted by Crippen LogP contribution is -2.22. The Bertz CT molecular complexity index is 780. The van der Waals surface area contributed by atoms with Gasteiger partial charge in [-0.3, -0.25) is 9.59 Å². The molecular formula is C19H22ClN3O3. The average Bonchev–Trinajstić information content (AvgIpc) is 2.63. The zero-order valence-electron chi connectivity index (χ0n) is 14.8. The van der Waals surface area contributed by atoms with Crippen molar-refractivity contribution in [1.82, 2.24) is 0 Å². The van der Waals surface area contributed by atoms with Crippen molar-refractivity contribution >= 4 is 40.5 Å². The van der Waals surface area contributed by atoms with Gasteiger partial charge in [0, 0.05) is 12.1 Å². The topological polar surface area (TPSA) is 79.5 Å². The lowest BCUT2D eigenvalue weighted by molar-refractivity contribution is -0.116. The van der Waals surface area contributed by atoms with Gasteiger partial charge in [-0.05, 0) is 36.8 Å². The van der Waals surface area contributed by atoms with E-state index in [1.54, 1.807) is 31.4 Å². The van der Waals surface area contributed by atoms with Crippen molar-refractivity contribution in [3.8, 4) is 5.75 Å². The molecule has 0 radical (unpaired) electrons. The van der Waals surface area contributed by atoms with E-state index in [-0.39, 0.29) is 18.4 Å². The maximum absolute atomic E-state index is 12.2. The number of ether oxygens (including phenoxy) is 1. The summed E-state index contributed by atoms with van der Waals surface area (Å²) >= 11 is 6.14. The van der Waals surface area contributed by atoms with Gasteiger partial charge in [0.15, 0.2) is 0 Å². The third-order valence-corrected chi connectivity index (χ3v) is 3.88. The fourth-order valence-corrected chi connectivity index (χ4v) is 2.47. The van der Waals surface area contributed by atoms with Crippen molar-refractivity contribution in [1.29, 1.82) is 0 Å². The lowest BCUT2D eigenvalue weighted by Gasteiger charge is -2.13. The van der Waals surface area contributed by atoms with Gasteiger partial charge in [-0.15, -0.1) is 0 Å². The molecule has 2 rings (SSSR count). The molecule has 0 saturated carbocycles. The van der Waals surface area contributed by atoms with E-state index in [0.29, 0.717) is 28.6 Å². The van der Waals surface area contributed by atoms with Gasteiger partial charge in [-0.1, -0.05) is 30.7 Å². The fraction of sp³-hybridized carbons (Fsp3) is 0.263. The van der Waals surface area contributed by atoms with E-state index in [0.717, 1.165) is 12.1 Å². The highest BCUT2D eigenvalue weighted by atomic mass is 35.5. The van der Waals surface area contributed by atoms with E-state index in [9.17, 15) is 9.59 Å². The van der Waals surface area contributed by atoms with Gasteiger partial charge in [0.1, 0.15) is 5.75 Å². The quantitative estimate of drug-likeness (QED) is 0.648. The third kappa shape index (κ3) is 5.67. The number of hydrogen-bond acceptors (Lipinski definition) is 4. The molecule has 3 N–H and O–H groups in total. The van der Waals surface area contributed by atoms with Crippen molar-refractivity contribution in [3.05, 3.63) is 47.5 Å². The number of hydrogen-bond donors (Lipinski definition) is 3. The highest BCUT2D eigenvalue weighted by Crippen LogP contribution is 2.26. The second kappa shape index (κ2) is 9.68. The molecule has 0 heterocycles.